The van der Waals surface area contributed by atoms with E-state index in [0.717, 1.165) is 47.7 Å². The monoisotopic (exact) mass is 392 g/mol. The zero-order valence-electron chi connectivity index (χ0n) is 10.6. The van der Waals surface area contributed by atoms with Gasteiger partial charge in [-0.2, -0.15) is 0 Å². The first-order valence-electron chi connectivity index (χ1n) is 6.50. The third kappa shape index (κ3) is 3.06. The van der Waals surface area contributed by atoms with Gasteiger partial charge in [-0.1, -0.05) is 12.1 Å². The fourth-order valence-electron chi connectivity index (χ4n) is 3.02. The molecule has 0 radical (unpaired) electrons. The smallest absolute Gasteiger partial charge is 0.254 e. The molecule has 0 spiro atoms. The quantitative estimate of drug-likeness (QED) is 0.745. The fourth-order valence-corrected chi connectivity index (χ4v) is 3.64. The summed E-state index contributed by atoms with van der Waals surface area (Å²) in [6.45, 7) is 4.03. The Bertz CT molecular complexity index is 469. The summed E-state index contributed by atoms with van der Waals surface area (Å²) in [6, 6.07) is 7.85. The van der Waals surface area contributed by atoms with Crippen LogP contribution >= 0.6 is 35.0 Å². The van der Waals surface area contributed by atoms with Gasteiger partial charge in [0.1, 0.15) is 0 Å². The zero-order valence-corrected chi connectivity index (χ0v) is 13.6. The molecule has 2 atom stereocenters. The molecule has 1 N–H and O–H groups in total. The standard InChI is InChI=1S/C14H17IN2O.ClH/c15-13-4-2-1-3-12(13)14(18)17-6-5-10-7-16-8-11(10)9-17;/h1-4,10-11,16H,5-9H2;1H. The summed E-state index contributed by atoms with van der Waals surface area (Å²) in [5.41, 5.74) is 0.850. The largest absolute Gasteiger partial charge is 0.338 e. The number of nitrogens with zero attached hydrogens (tertiary/aromatic N) is 1. The van der Waals surface area contributed by atoms with Crippen LogP contribution in [-0.2, 0) is 0 Å². The van der Waals surface area contributed by atoms with E-state index in [1.807, 2.05) is 29.2 Å². The second kappa shape index (κ2) is 6.41. The van der Waals surface area contributed by atoms with Crippen molar-refractivity contribution in [2.24, 2.45) is 11.8 Å². The molecule has 3 rings (SSSR count). The van der Waals surface area contributed by atoms with Crippen molar-refractivity contribution in [3.05, 3.63) is 33.4 Å². The topological polar surface area (TPSA) is 32.3 Å². The number of halogens is 2. The lowest BCUT2D eigenvalue weighted by molar-refractivity contribution is 0.0641. The predicted octanol–water partition coefficient (Wildman–Crippen LogP) is 2.39. The lowest BCUT2D eigenvalue weighted by Crippen LogP contribution is -2.43. The van der Waals surface area contributed by atoms with Crippen molar-refractivity contribution >= 4 is 40.9 Å². The van der Waals surface area contributed by atoms with Crippen molar-refractivity contribution in [2.45, 2.75) is 6.42 Å². The first kappa shape index (κ1) is 15.1. The zero-order chi connectivity index (χ0) is 12.5. The third-order valence-corrected chi connectivity index (χ3v) is 5.04. The van der Waals surface area contributed by atoms with Gasteiger partial charge in [0.2, 0.25) is 0 Å². The average Bonchev–Trinajstić information content (AvgIpc) is 2.85. The highest BCUT2D eigenvalue weighted by atomic mass is 127. The Morgan fingerprint density at radius 1 is 1.26 bits per heavy atom. The molecular weight excluding hydrogens is 375 g/mol. The van der Waals surface area contributed by atoms with E-state index >= 15 is 0 Å². The van der Waals surface area contributed by atoms with Crippen LogP contribution in [0.25, 0.3) is 0 Å². The molecule has 104 valence electrons. The van der Waals surface area contributed by atoms with Crippen LogP contribution in [0.15, 0.2) is 24.3 Å². The number of likely N-dealkylation sites (tertiary alicyclic amines) is 1. The lowest BCUT2D eigenvalue weighted by atomic mass is 9.88. The Labute approximate surface area is 133 Å². The van der Waals surface area contributed by atoms with Gasteiger partial charge in [0.15, 0.2) is 0 Å². The van der Waals surface area contributed by atoms with Crippen LogP contribution in [0.4, 0.5) is 0 Å². The van der Waals surface area contributed by atoms with Crippen molar-refractivity contribution in [1.82, 2.24) is 10.2 Å². The van der Waals surface area contributed by atoms with Crippen molar-refractivity contribution in [1.29, 1.82) is 0 Å². The maximum atomic E-state index is 12.5. The lowest BCUT2D eigenvalue weighted by Gasteiger charge is -2.34. The minimum absolute atomic E-state index is 0. The molecule has 0 bridgehead atoms. The van der Waals surface area contributed by atoms with Gasteiger partial charge in [0.05, 0.1) is 5.56 Å². The highest BCUT2D eigenvalue weighted by Crippen LogP contribution is 2.27. The molecule has 5 heteroatoms. The maximum Gasteiger partial charge on any atom is 0.254 e. The Kier molecular flexibility index (Phi) is 5.09. The Hall–Kier alpha value is -0.330. The summed E-state index contributed by atoms with van der Waals surface area (Å²) in [4.78, 5) is 14.5. The minimum atomic E-state index is 0. The Balaban J connectivity index is 0.00000133. The van der Waals surface area contributed by atoms with Gasteiger partial charge < -0.3 is 10.2 Å². The Morgan fingerprint density at radius 3 is 2.79 bits per heavy atom. The van der Waals surface area contributed by atoms with Crippen LogP contribution in [0.3, 0.4) is 0 Å². The first-order chi connectivity index (χ1) is 8.75. The van der Waals surface area contributed by atoms with Crippen molar-refractivity contribution in [3.8, 4) is 0 Å². The van der Waals surface area contributed by atoms with Gasteiger partial charge in [-0.15, -0.1) is 12.4 Å². The molecular formula is C14H18ClIN2O. The van der Waals surface area contributed by atoms with E-state index in [1.54, 1.807) is 0 Å². The molecule has 2 saturated heterocycles. The maximum absolute atomic E-state index is 12.5. The van der Waals surface area contributed by atoms with Gasteiger partial charge in [0, 0.05) is 16.7 Å². The summed E-state index contributed by atoms with van der Waals surface area (Å²) in [7, 11) is 0. The molecule has 2 unspecified atom stereocenters. The third-order valence-electron chi connectivity index (χ3n) is 4.10. The van der Waals surface area contributed by atoms with Crippen molar-refractivity contribution in [3.63, 3.8) is 0 Å². The molecule has 1 amide bonds. The van der Waals surface area contributed by atoms with E-state index in [-0.39, 0.29) is 18.3 Å². The summed E-state index contributed by atoms with van der Waals surface area (Å²) >= 11 is 2.24. The van der Waals surface area contributed by atoms with Crippen molar-refractivity contribution < 1.29 is 4.79 Å². The van der Waals surface area contributed by atoms with Crippen LogP contribution in [0, 0.1) is 15.4 Å². The molecule has 1 aromatic rings. The van der Waals surface area contributed by atoms with E-state index < -0.39 is 0 Å². The van der Waals surface area contributed by atoms with Gasteiger partial charge in [0.25, 0.3) is 5.91 Å². The molecule has 3 nitrogen and oxygen atoms in total. The molecule has 0 aromatic heterocycles. The molecule has 2 fully saturated rings. The van der Waals surface area contributed by atoms with Crippen LogP contribution in [0.1, 0.15) is 16.8 Å². The minimum Gasteiger partial charge on any atom is -0.338 e. The molecule has 2 aliphatic heterocycles. The van der Waals surface area contributed by atoms with Crippen LogP contribution in [-0.4, -0.2) is 37.0 Å². The number of hydrogen-bond donors (Lipinski definition) is 1. The van der Waals surface area contributed by atoms with E-state index in [4.69, 9.17) is 0 Å². The van der Waals surface area contributed by atoms with Gasteiger partial charge in [-0.3, -0.25) is 4.79 Å². The summed E-state index contributed by atoms with van der Waals surface area (Å²) in [5.74, 6) is 1.64. The number of rotatable bonds is 1. The number of piperidine rings is 1. The van der Waals surface area contributed by atoms with E-state index in [2.05, 4.69) is 27.9 Å². The average molecular weight is 393 g/mol. The molecule has 1 aromatic carbocycles. The van der Waals surface area contributed by atoms with Crippen LogP contribution in [0.5, 0.6) is 0 Å². The fraction of sp³-hybridized carbons (Fsp3) is 0.500. The number of carbonyl (C=O) groups is 1. The number of nitrogens with one attached hydrogen (secondary N) is 1. The van der Waals surface area contributed by atoms with Crippen molar-refractivity contribution in [2.75, 3.05) is 26.2 Å². The highest BCUT2D eigenvalue weighted by Gasteiger charge is 2.34. The second-order valence-electron chi connectivity index (χ2n) is 5.20. The molecule has 2 heterocycles. The van der Waals surface area contributed by atoms with E-state index in [0.29, 0.717) is 5.92 Å². The second-order valence-corrected chi connectivity index (χ2v) is 6.36. The first-order valence-corrected chi connectivity index (χ1v) is 7.58. The number of carbonyl (C=O) groups excluding carboxylic acids is 1. The summed E-state index contributed by atoms with van der Waals surface area (Å²) in [5, 5.41) is 3.44. The predicted molar refractivity (Wildman–Crippen MR) is 86.8 cm³/mol. The highest BCUT2D eigenvalue weighted by molar-refractivity contribution is 14.1. The SMILES string of the molecule is Cl.O=C(c1ccccc1I)N1CCC2CNCC2C1. The van der Waals surface area contributed by atoms with Gasteiger partial charge in [-0.25, -0.2) is 0 Å². The number of hydrogen-bond acceptors (Lipinski definition) is 2. The number of fused-ring (bicyclic) bond motifs is 1. The summed E-state index contributed by atoms with van der Waals surface area (Å²) in [6.07, 6.45) is 1.15. The number of benzene rings is 1. The normalized spacial score (nSPS) is 25.6. The molecule has 0 saturated carbocycles. The molecule has 0 aliphatic carbocycles. The van der Waals surface area contributed by atoms with Crippen LogP contribution < -0.4 is 5.32 Å². The van der Waals surface area contributed by atoms with Gasteiger partial charge >= 0.3 is 0 Å². The van der Waals surface area contributed by atoms with E-state index in [9.17, 15) is 4.79 Å². The van der Waals surface area contributed by atoms with Gasteiger partial charge in [-0.05, 0) is 66.1 Å². The molecule has 2 aliphatic rings. The Morgan fingerprint density at radius 2 is 2.00 bits per heavy atom. The summed E-state index contributed by atoms with van der Waals surface area (Å²) < 4.78 is 1.05. The molecule has 19 heavy (non-hydrogen) atoms. The number of amides is 1. The van der Waals surface area contributed by atoms with Crippen LogP contribution in [0.2, 0.25) is 0 Å². The van der Waals surface area contributed by atoms with E-state index in [1.165, 1.54) is 0 Å².